The first-order valence-corrected chi connectivity index (χ1v) is 4.49. The molecule has 0 aromatic heterocycles. The molecule has 0 aliphatic rings. The van der Waals surface area contributed by atoms with Gasteiger partial charge in [0.15, 0.2) is 0 Å². The van der Waals surface area contributed by atoms with Crippen molar-refractivity contribution in [3.63, 3.8) is 0 Å². The van der Waals surface area contributed by atoms with Crippen molar-refractivity contribution in [2.24, 2.45) is 5.73 Å². The normalized spacial score (nSPS) is 7.23. The fourth-order valence-corrected chi connectivity index (χ4v) is 0.554. The predicted molar refractivity (Wildman–Crippen MR) is 54.4 cm³/mol. The van der Waals surface area contributed by atoms with Crippen LogP contribution in [0.1, 0.15) is 33.1 Å². The minimum Gasteiger partial charge on any atom is -0.466 e. The van der Waals surface area contributed by atoms with Crippen LogP contribution in [0, 0.1) is 0 Å². The summed E-state index contributed by atoms with van der Waals surface area (Å²) in [5, 5.41) is 7.00. The summed E-state index contributed by atoms with van der Waals surface area (Å²) < 4.78 is 4.70. The highest BCUT2D eigenvalue weighted by atomic mass is 16.5. The molecule has 13 heavy (non-hydrogen) atoms. The van der Waals surface area contributed by atoms with Crippen LogP contribution in [0.2, 0.25) is 0 Å². The molecule has 0 aliphatic carbocycles. The third-order valence-electron chi connectivity index (χ3n) is 1.04. The molecule has 4 nitrogen and oxygen atoms in total. The van der Waals surface area contributed by atoms with Crippen LogP contribution in [0.4, 0.5) is 0 Å². The van der Waals surface area contributed by atoms with Crippen LogP contribution >= 0.6 is 0 Å². The van der Waals surface area contributed by atoms with Crippen molar-refractivity contribution in [2.45, 2.75) is 33.1 Å². The van der Waals surface area contributed by atoms with Gasteiger partial charge in [0.25, 0.3) is 0 Å². The van der Waals surface area contributed by atoms with E-state index in [0.717, 1.165) is 20.0 Å². The molecule has 4 heteroatoms. The standard InChI is InChI=1S/C7H14O2.CH5N.CH4O/c1-3-5-6-7(8)9-4-2;2*1-2/h3-6H2,1-2H3;2H2,1H3;2H,1H3. The second-order valence-corrected chi connectivity index (χ2v) is 1.91. The molecule has 0 heterocycles. The van der Waals surface area contributed by atoms with Gasteiger partial charge in [-0.1, -0.05) is 13.3 Å². The lowest BCUT2D eigenvalue weighted by molar-refractivity contribution is -0.143. The molecule has 0 saturated carbocycles. The highest BCUT2D eigenvalue weighted by molar-refractivity contribution is 5.69. The third-order valence-corrected chi connectivity index (χ3v) is 1.04. The monoisotopic (exact) mass is 193 g/mol. The van der Waals surface area contributed by atoms with Crippen LogP contribution in [0.3, 0.4) is 0 Å². The molecular weight excluding hydrogens is 170 g/mol. The molecule has 0 spiro atoms. The van der Waals surface area contributed by atoms with Crippen LogP contribution in [0.5, 0.6) is 0 Å². The Bertz CT molecular complexity index is 86.9. The first-order chi connectivity index (χ1) is 6.31. The fraction of sp³-hybridized carbons (Fsp3) is 0.889. The highest BCUT2D eigenvalue weighted by Crippen LogP contribution is 1.95. The number of ether oxygens (including phenoxy) is 1. The minimum atomic E-state index is -0.0700. The second kappa shape index (κ2) is 22.5. The summed E-state index contributed by atoms with van der Waals surface area (Å²) in [5.74, 6) is -0.0700. The number of hydrogen-bond acceptors (Lipinski definition) is 4. The van der Waals surface area contributed by atoms with Crippen LogP contribution in [0.15, 0.2) is 0 Å². The average Bonchev–Trinajstić information content (AvgIpc) is 2.21. The molecule has 0 atom stereocenters. The number of carbonyl (C=O) groups excluding carboxylic acids is 1. The van der Waals surface area contributed by atoms with Gasteiger partial charge in [0.05, 0.1) is 6.61 Å². The van der Waals surface area contributed by atoms with E-state index >= 15 is 0 Å². The van der Waals surface area contributed by atoms with Gasteiger partial charge in [-0.2, -0.15) is 0 Å². The number of carbonyl (C=O) groups is 1. The Hall–Kier alpha value is -0.610. The zero-order chi connectivity index (χ0) is 11.1. The van der Waals surface area contributed by atoms with Gasteiger partial charge < -0.3 is 15.6 Å². The number of rotatable bonds is 4. The van der Waals surface area contributed by atoms with Gasteiger partial charge in [0.2, 0.25) is 0 Å². The lowest BCUT2D eigenvalue weighted by Gasteiger charge is -1.97. The Kier molecular flexibility index (Phi) is 31.6. The van der Waals surface area contributed by atoms with Crippen molar-refractivity contribution in [1.82, 2.24) is 0 Å². The Morgan fingerprint density at radius 3 is 2.08 bits per heavy atom. The lowest BCUT2D eigenvalue weighted by Crippen LogP contribution is -2.02. The van der Waals surface area contributed by atoms with Crippen molar-refractivity contribution in [3.8, 4) is 0 Å². The van der Waals surface area contributed by atoms with E-state index in [1.165, 1.54) is 7.05 Å². The van der Waals surface area contributed by atoms with Crippen LogP contribution in [0.25, 0.3) is 0 Å². The first-order valence-electron chi connectivity index (χ1n) is 4.49. The maximum absolute atomic E-state index is 10.6. The van der Waals surface area contributed by atoms with Crippen molar-refractivity contribution < 1.29 is 14.6 Å². The summed E-state index contributed by atoms with van der Waals surface area (Å²) in [4.78, 5) is 10.6. The Balaban J connectivity index is -0.000000218. The zero-order valence-corrected chi connectivity index (χ0v) is 9.17. The quantitative estimate of drug-likeness (QED) is 0.651. The van der Waals surface area contributed by atoms with Crippen LogP contribution in [-0.4, -0.2) is 31.8 Å². The van der Waals surface area contributed by atoms with Crippen LogP contribution in [-0.2, 0) is 9.53 Å². The van der Waals surface area contributed by atoms with E-state index in [4.69, 9.17) is 9.84 Å². The van der Waals surface area contributed by atoms with Gasteiger partial charge >= 0.3 is 5.97 Å². The lowest BCUT2D eigenvalue weighted by atomic mass is 10.3. The van der Waals surface area contributed by atoms with E-state index in [1.807, 2.05) is 6.92 Å². The van der Waals surface area contributed by atoms with Gasteiger partial charge in [0.1, 0.15) is 0 Å². The van der Waals surface area contributed by atoms with Crippen molar-refractivity contribution in [2.75, 3.05) is 20.8 Å². The van der Waals surface area contributed by atoms with Gasteiger partial charge in [-0.25, -0.2) is 0 Å². The summed E-state index contributed by atoms with van der Waals surface area (Å²) in [6, 6.07) is 0. The number of hydrogen-bond donors (Lipinski definition) is 2. The molecule has 0 aromatic rings. The molecule has 0 bridgehead atoms. The van der Waals surface area contributed by atoms with Crippen molar-refractivity contribution >= 4 is 5.97 Å². The van der Waals surface area contributed by atoms with Gasteiger partial charge in [-0.15, -0.1) is 0 Å². The van der Waals surface area contributed by atoms with E-state index in [1.54, 1.807) is 0 Å². The van der Waals surface area contributed by atoms with Gasteiger partial charge in [-0.3, -0.25) is 4.79 Å². The number of esters is 1. The van der Waals surface area contributed by atoms with E-state index < -0.39 is 0 Å². The molecular formula is C9H23NO3. The van der Waals surface area contributed by atoms with Crippen LogP contribution < -0.4 is 5.73 Å². The van der Waals surface area contributed by atoms with Gasteiger partial charge in [-0.05, 0) is 20.4 Å². The highest BCUT2D eigenvalue weighted by Gasteiger charge is 1.97. The summed E-state index contributed by atoms with van der Waals surface area (Å²) in [6.45, 7) is 4.38. The molecule has 0 saturated heterocycles. The molecule has 0 fully saturated rings. The average molecular weight is 193 g/mol. The number of unbranched alkanes of at least 4 members (excludes halogenated alkanes) is 1. The molecule has 0 amide bonds. The summed E-state index contributed by atoms with van der Waals surface area (Å²) in [5.41, 5.74) is 4.50. The molecule has 0 aromatic carbocycles. The smallest absolute Gasteiger partial charge is 0.305 e. The molecule has 0 aliphatic heterocycles. The Morgan fingerprint density at radius 2 is 1.77 bits per heavy atom. The first kappa shape index (κ1) is 18.2. The summed E-state index contributed by atoms with van der Waals surface area (Å²) >= 11 is 0. The number of nitrogens with two attached hydrogens (primary N) is 1. The maximum atomic E-state index is 10.6. The van der Waals surface area contributed by atoms with Crippen molar-refractivity contribution in [3.05, 3.63) is 0 Å². The molecule has 82 valence electrons. The Morgan fingerprint density at radius 1 is 1.31 bits per heavy atom. The summed E-state index contributed by atoms with van der Waals surface area (Å²) in [7, 11) is 2.50. The van der Waals surface area contributed by atoms with E-state index in [9.17, 15) is 4.79 Å². The van der Waals surface area contributed by atoms with Gasteiger partial charge in [0, 0.05) is 13.5 Å². The molecule has 3 N–H and O–H groups in total. The molecule has 0 radical (unpaired) electrons. The maximum Gasteiger partial charge on any atom is 0.305 e. The fourth-order valence-electron chi connectivity index (χ4n) is 0.554. The topological polar surface area (TPSA) is 72.5 Å². The zero-order valence-electron chi connectivity index (χ0n) is 9.17. The largest absolute Gasteiger partial charge is 0.466 e. The molecule has 0 unspecified atom stereocenters. The molecule has 0 rings (SSSR count). The van der Waals surface area contributed by atoms with E-state index in [0.29, 0.717) is 13.0 Å². The number of aliphatic hydroxyl groups is 1. The third kappa shape index (κ3) is 24.6. The summed E-state index contributed by atoms with van der Waals surface area (Å²) in [6.07, 6.45) is 2.57. The van der Waals surface area contributed by atoms with Crippen molar-refractivity contribution in [1.29, 1.82) is 0 Å². The van der Waals surface area contributed by atoms with E-state index in [-0.39, 0.29) is 5.97 Å². The minimum absolute atomic E-state index is 0.0700. The SMILES string of the molecule is CCCCC(=O)OCC.CN.CO. The second-order valence-electron chi connectivity index (χ2n) is 1.91. The number of aliphatic hydroxyl groups excluding tert-OH is 1. The predicted octanol–water partition coefficient (Wildman–Crippen LogP) is 0.923. The Labute approximate surface area is 81.1 Å². The van der Waals surface area contributed by atoms with E-state index in [2.05, 4.69) is 12.7 Å².